The number of aromatic nitrogens is 5. The van der Waals surface area contributed by atoms with Gasteiger partial charge in [-0.1, -0.05) is 0 Å². The fourth-order valence-electron chi connectivity index (χ4n) is 2.13. The topological polar surface area (TPSA) is 88.5 Å². The van der Waals surface area contributed by atoms with Crippen molar-refractivity contribution in [3.05, 3.63) is 35.4 Å². The summed E-state index contributed by atoms with van der Waals surface area (Å²) >= 11 is 0. The van der Waals surface area contributed by atoms with Crippen LogP contribution in [0.2, 0.25) is 0 Å². The van der Waals surface area contributed by atoms with Gasteiger partial charge in [0.05, 0.1) is 10.9 Å². The molecule has 0 atom stereocenters. The molecule has 7 nitrogen and oxygen atoms in total. The third-order valence-corrected chi connectivity index (χ3v) is 3.14. The van der Waals surface area contributed by atoms with Crippen LogP contribution in [0, 0.1) is 6.92 Å². The summed E-state index contributed by atoms with van der Waals surface area (Å²) in [6.45, 7) is 1.75. The molecule has 23 heavy (non-hydrogen) atoms. The maximum Gasteiger partial charge on any atom is 0.435 e. The Bertz CT molecular complexity index is 895. The van der Waals surface area contributed by atoms with E-state index in [4.69, 9.17) is 0 Å². The average molecular weight is 324 g/mol. The Hall–Kier alpha value is -2.91. The summed E-state index contributed by atoms with van der Waals surface area (Å²) in [6, 6.07) is 1.11. The predicted molar refractivity (Wildman–Crippen MR) is 74.8 cm³/mol. The number of hydrogen-bond donors (Lipinski definition) is 2. The van der Waals surface area contributed by atoms with Crippen LogP contribution in [-0.2, 0) is 13.2 Å². The van der Waals surface area contributed by atoms with Crippen LogP contribution in [0.25, 0.3) is 11.0 Å². The molecule has 0 aliphatic heterocycles. The van der Waals surface area contributed by atoms with Gasteiger partial charge in [-0.05, 0) is 13.0 Å². The third kappa shape index (κ3) is 2.74. The highest BCUT2D eigenvalue weighted by molar-refractivity contribution is 6.05. The van der Waals surface area contributed by atoms with Crippen molar-refractivity contribution < 1.29 is 18.0 Å². The lowest BCUT2D eigenvalue weighted by Gasteiger charge is -2.04. The van der Waals surface area contributed by atoms with Gasteiger partial charge in [-0.2, -0.15) is 18.3 Å². The Labute approximate surface area is 127 Å². The number of alkyl halides is 3. The summed E-state index contributed by atoms with van der Waals surface area (Å²) < 4.78 is 40.0. The number of aryl methyl sites for hydroxylation is 2. The molecule has 3 aromatic rings. The van der Waals surface area contributed by atoms with E-state index in [2.05, 4.69) is 25.4 Å². The fraction of sp³-hybridized carbons (Fsp3) is 0.231. The van der Waals surface area contributed by atoms with Crippen molar-refractivity contribution in [1.82, 2.24) is 24.7 Å². The van der Waals surface area contributed by atoms with E-state index >= 15 is 0 Å². The monoisotopic (exact) mass is 324 g/mol. The molecule has 1 amide bonds. The number of amides is 1. The average Bonchev–Trinajstić information content (AvgIpc) is 3.02. The van der Waals surface area contributed by atoms with Crippen molar-refractivity contribution in [1.29, 1.82) is 0 Å². The van der Waals surface area contributed by atoms with E-state index in [1.165, 1.54) is 19.4 Å². The van der Waals surface area contributed by atoms with Crippen molar-refractivity contribution >= 4 is 22.9 Å². The van der Waals surface area contributed by atoms with Crippen LogP contribution < -0.4 is 5.32 Å². The Morgan fingerprint density at radius 3 is 2.65 bits per heavy atom. The van der Waals surface area contributed by atoms with Crippen molar-refractivity contribution in [3.8, 4) is 0 Å². The summed E-state index contributed by atoms with van der Waals surface area (Å²) in [4.78, 5) is 22.7. The van der Waals surface area contributed by atoms with E-state index in [-0.39, 0.29) is 22.5 Å². The Balaban J connectivity index is 2.00. The highest BCUT2D eigenvalue weighted by Crippen LogP contribution is 2.33. The number of nitrogens with zero attached hydrogens (tertiary/aromatic N) is 4. The maximum absolute atomic E-state index is 13.0. The first kappa shape index (κ1) is 15.0. The lowest BCUT2D eigenvalue weighted by molar-refractivity contribution is -0.140. The Morgan fingerprint density at radius 2 is 2.04 bits per heavy atom. The minimum atomic E-state index is -4.63. The maximum atomic E-state index is 13.0. The minimum Gasteiger partial charge on any atom is -0.328 e. The molecule has 0 aliphatic carbocycles. The number of H-pyrrole nitrogens is 1. The first-order valence-electron chi connectivity index (χ1n) is 6.48. The van der Waals surface area contributed by atoms with E-state index in [1.807, 2.05) is 0 Å². The molecule has 0 fully saturated rings. The van der Waals surface area contributed by atoms with Crippen molar-refractivity contribution in [2.75, 3.05) is 5.32 Å². The highest BCUT2D eigenvalue weighted by Gasteiger charge is 2.37. The van der Waals surface area contributed by atoms with Gasteiger partial charge in [0, 0.05) is 25.1 Å². The summed E-state index contributed by atoms with van der Waals surface area (Å²) in [5.74, 6) is -0.416. The number of halogens is 3. The number of imidazole rings is 1. The van der Waals surface area contributed by atoms with Crippen LogP contribution in [-0.4, -0.2) is 30.6 Å². The SMILES string of the molecule is Cc1cnc(NC(=O)c2cnc3c(c2)c(C(F)(F)F)nn3C)[nH]1. The first-order valence-corrected chi connectivity index (χ1v) is 6.48. The van der Waals surface area contributed by atoms with Gasteiger partial charge in [0.25, 0.3) is 5.91 Å². The fourth-order valence-corrected chi connectivity index (χ4v) is 2.13. The lowest BCUT2D eigenvalue weighted by Crippen LogP contribution is -2.13. The van der Waals surface area contributed by atoms with Crippen molar-refractivity contribution in [3.63, 3.8) is 0 Å². The van der Waals surface area contributed by atoms with Crippen LogP contribution in [0.3, 0.4) is 0 Å². The largest absolute Gasteiger partial charge is 0.435 e. The zero-order valence-corrected chi connectivity index (χ0v) is 12.1. The number of hydrogen-bond acceptors (Lipinski definition) is 4. The van der Waals surface area contributed by atoms with Gasteiger partial charge in [-0.3, -0.25) is 10.1 Å². The van der Waals surface area contributed by atoms with Crippen molar-refractivity contribution in [2.45, 2.75) is 13.1 Å². The molecule has 3 heterocycles. The third-order valence-electron chi connectivity index (χ3n) is 3.14. The number of carbonyl (C=O) groups excluding carboxylic acids is 1. The van der Waals surface area contributed by atoms with E-state index < -0.39 is 17.8 Å². The van der Waals surface area contributed by atoms with Gasteiger partial charge in [0.1, 0.15) is 0 Å². The number of fused-ring (bicyclic) bond motifs is 1. The zero-order chi connectivity index (χ0) is 16.8. The summed E-state index contributed by atoms with van der Waals surface area (Å²) in [5, 5.41) is 5.65. The zero-order valence-electron chi connectivity index (χ0n) is 12.1. The second-order valence-corrected chi connectivity index (χ2v) is 4.93. The summed E-state index contributed by atoms with van der Waals surface area (Å²) in [7, 11) is 1.36. The molecule has 0 aromatic carbocycles. The molecule has 0 unspecified atom stereocenters. The first-order chi connectivity index (χ1) is 10.8. The van der Waals surface area contributed by atoms with Gasteiger partial charge in [0.15, 0.2) is 11.3 Å². The van der Waals surface area contributed by atoms with Crippen LogP contribution in [0.4, 0.5) is 19.1 Å². The lowest BCUT2D eigenvalue weighted by atomic mass is 10.2. The van der Waals surface area contributed by atoms with E-state index in [0.29, 0.717) is 0 Å². The molecule has 2 N–H and O–H groups in total. The van der Waals surface area contributed by atoms with Gasteiger partial charge in [0.2, 0.25) is 5.95 Å². The van der Waals surface area contributed by atoms with Crippen LogP contribution >= 0.6 is 0 Å². The number of pyridine rings is 1. The quantitative estimate of drug-likeness (QED) is 0.757. The molecule has 0 radical (unpaired) electrons. The molecule has 0 spiro atoms. The number of rotatable bonds is 2. The molecule has 0 aliphatic rings. The van der Waals surface area contributed by atoms with E-state index in [9.17, 15) is 18.0 Å². The molecule has 3 aromatic heterocycles. The molecule has 10 heteroatoms. The molecule has 0 saturated carbocycles. The predicted octanol–water partition coefficient (Wildman–Crippen LogP) is 2.27. The Kier molecular flexibility index (Phi) is 3.31. The van der Waals surface area contributed by atoms with Gasteiger partial charge in [-0.15, -0.1) is 0 Å². The number of anilines is 1. The summed E-state index contributed by atoms with van der Waals surface area (Å²) in [5.41, 5.74) is -0.320. The second-order valence-electron chi connectivity index (χ2n) is 4.93. The smallest absolute Gasteiger partial charge is 0.328 e. The molecular weight excluding hydrogens is 313 g/mol. The Morgan fingerprint density at radius 1 is 1.30 bits per heavy atom. The van der Waals surface area contributed by atoms with Crippen LogP contribution in [0.1, 0.15) is 21.7 Å². The van der Waals surface area contributed by atoms with Crippen LogP contribution in [0.5, 0.6) is 0 Å². The number of nitrogens with one attached hydrogen (secondary N) is 2. The molecule has 0 bridgehead atoms. The molecule has 120 valence electrons. The molecule has 3 rings (SSSR count). The standard InChI is InChI=1S/C13H11F3N6O/c1-6-4-18-12(19-6)20-11(23)7-3-8-9(13(14,15)16)21-22(2)10(8)17-5-7/h3-5H,1-2H3,(H2,18,19,20,23). The molecule has 0 saturated heterocycles. The normalized spacial score (nSPS) is 11.9. The van der Waals surface area contributed by atoms with Crippen molar-refractivity contribution in [2.24, 2.45) is 7.05 Å². The van der Waals surface area contributed by atoms with Gasteiger partial charge >= 0.3 is 6.18 Å². The highest BCUT2D eigenvalue weighted by atomic mass is 19.4. The second kappa shape index (κ2) is 5.07. The number of carbonyl (C=O) groups is 1. The minimum absolute atomic E-state index is 0.0231. The van der Waals surface area contributed by atoms with Crippen LogP contribution in [0.15, 0.2) is 18.5 Å². The van der Waals surface area contributed by atoms with E-state index in [1.54, 1.807) is 6.92 Å². The summed E-state index contributed by atoms with van der Waals surface area (Å²) in [6.07, 6.45) is -1.93. The van der Waals surface area contributed by atoms with Gasteiger partial charge < -0.3 is 4.98 Å². The van der Waals surface area contributed by atoms with E-state index in [0.717, 1.165) is 16.4 Å². The molecular formula is C13H11F3N6O. The number of aromatic amines is 1. The van der Waals surface area contributed by atoms with Gasteiger partial charge in [-0.25, -0.2) is 14.6 Å².